The van der Waals surface area contributed by atoms with E-state index in [1.54, 1.807) is 37.3 Å². The van der Waals surface area contributed by atoms with Crippen molar-refractivity contribution < 1.29 is 13.2 Å². The van der Waals surface area contributed by atoms with Crippen LogP contribution in [0.15, 0.2) is 42.5 Å². The van der Waals surface area contributed by atoms with Gasteiger partial charge in [0.2, 0.25) is 0 Å². The maximum absolute atomic E-state index is 12.7. The van der Waals surface area contributed by atoms with Gasteiger partial charge in [-0.05, 0) is 47.9 Å². The monoisotopic (exact) mass is 270 g/mol. The molecule has 0 aromatic heterocycles. The summed E-state index contributed by atoms with van der Waals surface area (Å²) in [6, 6.07) is 10.7. The van der Waals surface area contributed by atoms with E-state index in [0.717, 1.165) is 12.1 Å². The number of hydrogen-bond donors (Lipinski definition) is 0. The van der Waals surface area contributed by atoms with Crippen LogP contribution in [0.5, 0.6) is 0 Å². The molecule has 0 aliphatic carbocycles. The average Bonchev–Trinajstić information content (AvgIpc) is 2.28. The minimum atomic E-state index is -4.33. The number of aryl methyl sites for hydroxylation is 1. The molecule has 0 heterocycles. The highest BCUT2D eigenvalue weighted by Gasteiger charge is 2.30. The molecule has 0 aliphatic rings. The molecule has 0 amide bonds. The molecule has 2 aromatic carbocycles. The third-order valence-electron chi connectivity index (χ3n) is 2.58. The van der Waals surface area contributed by atoms with Gasteiger partial charge in [-0.1, -0.05) is 29.8 Å². The van der Waals surface area contributed by atoms with Crippen LogP contribution in [0.25, 0.3) is 11.1 Å². The Hall–Kier alpha value is -1.48. The minimum absolute atomic E-state index is 0.541. The second-order valence-electron chi connectivity index (χ2n) is 4.09. The van der Waals surface area contributed by atoms with Crippen LogP contribution in [0.1, 0.15) is 11.1 Å². The van der Waals surface area contributed by atoms with Crippen molar-refractivity contribution in [1.82, 2.24) is 0 Å². The second-order valence-corrected chi connectivity index (χ2v) is 4.53. The van der Waals surface area contributed by atoms with Crippen molar-refractivity contribution >= 4 is 11.6 Å². The summed E-state index contributed by atoms with van der Waals surface area (Å²) in [6.45, 7) is 1.65. The van der Waals surface area contributed by atoms with Gasteiger partial charge in [0.05, 0.1) is 5.56 Å². The molecule has 0 atom stereocenters. The molecule has 94 valence electrons. The van der Waals surface area contributed by atoms with E-state index in [4.69, 9.17) is 11.6 Å². The Balaban J connectivity index is 2.52. The number of benzene rings is 2. The predicted octanol–water partition coefficient (Wildman–Crippen LogP) is 5.33. The highest BCUT2D eigenvalue weighted by atomic mass is 35.5. The molecule has 4 heteroatoms. The Morgan fingerprint density at radius 1 is 0.889 bits per heavy atom. The largest absolute Gasteiger partial charge is 0.416 e. The molecule has 0 bridgehead atoms. The molecule has 0 saturated carbocycles. The van der Waals surface area contributed by atoms with Gasteiger partial charge in [-0.25, -0.2) is 0 Å². The van der Waals surface area contributed by atoms with Gasteiger partial charge in [0.25, 0.3) is 0 Å². The lowest BCUT2D eigenvalue weighted by Crippen LogP contribution is -2.05. The van der Waals surface area contributed by atoms with Crippen molar-refractivity contribution in [2.75, 3.05) is 0 Å². The average molecular weight is 271 g/mol. The summed E-state index contributed by atoms with van der Waals surface area (Å²) >= 11 is 5.75. The lowest BCUT2D eigenvalue weighted by Gasteiger charge is -2.11. The van der Waals surface area contributed by atoms with Gasteiger partial charge in [0.1, 0.15) is 0 Å². The fraction of sp³-hybridized carbons (Fsp3) is 0.143. The Labute approximate surface area is 108 Å². The zero-order chi connectivity index (χ0) is 13.3. The first-order chi connectivity index (χ1) is 8.36. The summed E-state index contributed by atoms with van der Waals surface area (Å²) in [4.78, 5) is 0. The van der Waals surface area contributed by atoms with Crippen LogP contribution in [-0.4, -0.2) is 0 Å². The van der Waals surface area contributed by atoms with Gasteiger partial charge >= 0.3 is 6.18 Å². The number of halogens is 4. The Morgan fingerprint density at radius 2 is 1.50 bits per heavy atom. The highest BCUT2D eigenvalue weighted by molar-refractivity contribution is 6.30. The summed E-state index contributed by atoms with van der Waals surface area (Å²) in [5.74, 6) is 0. The first-order valence-corrected chi connectivity index (χ1v) is 5.69. The molecular formula is C14H10ClF3. The third-order valence-corrected chi connectivity index (χ3v) is 2.83. The lowest BCUT2D eigenvalue weighted by atomic mass is 10.00. The molecule has 0 saturated heterocycles. The van der Waals surface area contributed by atoms with E-state index in [0.29, 0.717) is 21.7 Å². The summed E-state index contributed by atoms with van der Waals surface area (Å²) in [6.07, 6.45) is -4.33. The maximum Gasteiger partial charge on any atom is 0.416 e. The Kier molecular flexibility index (Phi) is 3.35. The molecule has 0 N–H and O–H groups in total. The van der Waals surface area contributed by atoms with E-state index >= 15 is 0 Å². The molecule has 0 radical (unpaired) electrons. The van der Waals surface area contributed by atoms with Gasteiger partial charge in [-0.15, -0.1) is 0 Å². The van der Waals surface area contributed by atoms with Crippen LogP contribution in [0.3, 0.4) is 0 Å². The number of hydrogen-bond acceptors (Lipinski definition) is 0. The molecule has 2 aromatic rings. The predicted molar refractivity (Wildman–Crippen MR) is 66.6 cm³/mol. The van der Waals surface area contributed by atoms with Crippen molar-refractivity contribution in [3.8, 4) is 11.1 Å². The summed E-state index contributed by atoms with van der Waals surface area (Å²) in [5, 5.41) is 0.558. The standard InChI is InChI=1S/C14H10ClF3/c1-9-6-11(8-12(7-9)14(16,17)18)10-2-4-13(15)5-3-10/h2-8H,1H3. The quantitative estimate of drug-likeness (QED) is 0.657. The molecular weight excluding hydrogens is 261 g/mol. The SMILES string of the molecule is Cc1cc(-c2ccc(Cl)cc2)cc(C(F)(F)F)c1. The van der Waals surface area contributed by atoms with E-state index in [-0.39, 0.29) is 0 Å². The molecule has 0 spiro atoms. The topological polar surface area (TPSA) is 0 Å². The van der Waals surface area contributed by atoms with Crippen molar-refractivity contribution in [2.24, 2.45) is 0 Å². The zero-order valence-corrected chi connectivity index (χ0v) is 10.3. The molecule has 0 fully saturated rings. The van der Waals surface area contributed by atoms with Crippen LogP contribution >= 0.6 is 11.6 Å². The van der Waals surface area contributed by atoms with Gasteiger partial charge < -0.3 is 0 Å². The van der Waals surface area contributed by atoms with Gasteiger partial charge in [-0.2, -0.15) is 13.2 Å². The van der Waals surface area contributed by atoms with Gasteiger partial charge in [0.15, 0.2) is 0 Å². The fourth-order valence-corrected chi connectivity index (χ4v) is 1.88. The van der Waals surface area contributed by atoms with E-state index in [1.165, 1.54) is 0 Å². The first-order valence-electron chi connectivity index (χ1n) is 5.31. The van der Waals surface area contributed by atoms with Crippen molar-refractivity contribution in [1.29, 1.82) is 0 Å². The highest BCUT2D eigenvalue weighted by Crippen LogP contribution is 2.33. The molecule has 0 unspecified atom stereocenters. The second kappa shape index (κ2) is 4.65. The van der Waals surface area contributed by atoms with Crippen LogP contribution < -0.4 is 0 Å². The van der Waals surface area contributed by atoms with Crippen molar-refractivity contribution in [2.45, 2.75) is 13.1 Å². The van der Waals surface area contributed by atoms with Crippen molar-refractivity contribution in [3.63, 3.8) is 0 Å². The smallest absolute Gasteiger partial charge is 0.166 e. The molecule has 0 aliphatic heterocycles. The van der Waals surface area contributed by atoms with E-state index < -0.39 is 11.7 Å². The number of alkyl halides is 3. The Bertz CT molecular complexity index is 556. The lowest BCUT2D eigenvalue weighted by molar-refractivity contribution is -0.137. The fourth-order valence-electron chi connectivity index (χ4n) is 1.76. The normalized spacial score (nSPS) is 11.6. The first kappa shape index (κ1) is 13.0. The van der Waals surface area contributed by atoms with Gasteiger partial charge in [0, 0.05) is 5.02 Å². The molecule has 0 nitrogen and oxygen atoms in total. The van der Waals surface area contributed by atoms with Crippen LogP contribution in [0.2, 0.25) is 5.02 Å². The third kappa shape index (κ3) is 2.85. The number of rotatable bonds is 1. The molecule has 18 heavy (non-hydrogen) atoms. The maximum atomic E-state index is 12.7. The summed E-state index contributed by atoms with van der Waals surface area (Å²) < 4.78 is 38.1. The van der Waals surface area contributed by atoms with Crippen LogP contribution in [0.4, 0.5) is 13.2 Å². The van der Waals surface area contributed by atoms with E-state index in [9.17, 15) is 13.2 Å². The summed E-state index contributed by atoms with van der Waals surface area (Å²) in [7, 11) is 0. The van der Waals surface area contributed by atoms with Crippen LogP contribution in [-0.2, 0) is 6.18 Å². The minimum Gasteiger partial charge on any atom is -0.166 e. The van der Waals surface area contributed by atoms with Crippen LogP contribution in [0, 0.1) is 6.92 Å². The Morgan fingerprint density at radius 3 is 2.06 bits per heavy atom. The van der Waals surface area contributed by atoms with Gasteiger partial charge in [-0.3, -0.25) is 0 Å². The van der Waals surface area contributed by atoms with Crippen molar-refractivity contribution in [3.05, 3.63) is 58.6 Å². The summed E-state index contributed by atoms with van der Waals surface area (Å²) in [5.41, 5.74) is 1.20. The zero-order valence-electron chi connectivity index (χ0n) is 9.55. The molecule has 2 rings (SSSR count). The van der Waals surface area contributed by atoms with E-state index in [1.807, 2.05) is 0 Å². The van der Waals surface area contributed by atoms with E-state index in [2.05, 4.69) is 0 Å².